The van der Waals surface area contributed by atoms with Gasteiger partial charge in [-0.2, -0.15) is 22.0 Å². The Hall–Kier alpha value is -1.13. The van der Waals surface area contributed by atoms with Gasteiger partial charge in [-0.25, -0.2) is 0 Å². The standard InChI is InChI=1S/C9H6F5/c1-6-3-2-4-7(5-6)8(10,11)9(12,13)14/h2-5H,1H2. The molecule has 14 heavy (non-hydrogen) atoms. The highest BCUT2D eigenvalue weighted by molar-refractivity contribution is 5.29. The minimum absolute atomic E-state index is 0.117. The summed E-state index contributed by atoms with van der Waals surface area (Å²) in [5, 5.41) is 0. The Bertz CT molecular complexity index is 326. The monoisotopic (exact) mass is 209 g/mol. The van der Waals surface area contributed by atoms with Crippen LogP contribution in [0.1, 0.15) is 11.1 Å². The van der Waals surface area contributed by atoms with Gasteiger partial charge < -0.3 is 0 Å². The molecular formula is C9H6F5. The van der Waals surface area contributed by atoms with Crippen LogP contribution in [-0.4, -0.2) is 6.18 Å². The fourth-order valence-corrected chi connectivity index (χ4v) is 0.930. The lowest BCUT2D eigenvalue weighted by Crippen LogP contribution is -2.33. The average Bonchev–Trinajstić information content (AvgIpc) is 2.02. The summed E-state index contributed by atoms with van der Waals surface area (Å²) in [7, 11) is 0. The van der Waals surface area contributed by atoms with Crippen molar-refractivity contribution in [2.75, 3.05) is 0 Å². The summed E-state index contributed by atoms with van der Waals surface area (Å²) >= 11 is 0. The van der Waals surface area contributed by atoms with Gasteiger partial charge in [0.1, 0.15) is 0 Å². The Kier molecular flexibility index (Phi) is 2.52. The van der Waals surface area contributed by atoms with E-state index in [9.17, 15) is 22.0 Å². The summed E-state index contributed by atoms with van der Waals surface area (Å²) in [5.41, 5.74) is -0.969. The molecule has 0 saturated heterocycles. The normalized spacial score (nSPS) is 13.0. The Balaban J connectivity index is 3.16. The van der Waals surface area contributed by atoms with Crippen molar-refractivity contribution in [2.24, 2.45) is 0 Å². The largest absolute Gasteiger partial charge is 0.458 e. The zero-order valence-corrected chi connectivity index (χ0v) is 6.91. The van der Waals surface area contributed by atoms with Crippen LogP contribution in [0.3, 0.4) is 0 Å². The fourth-order valence-electron chi connectivity index (χ4n) is 0.930. The molecule has 0 aliphatic rings. The van der Waals surface area contributed by atoms with E-state index in [1.807, 2.05) is 0 Å². The maximum absolute atomic E-state index is 12.7. The summed E-state index contributed by atoms with van der Waals surface area (Å²) in [6, 6.07) is 3.89. The Morgan fingerprint density at radius 1 is 1.00 bits per heavy atom. The van der Waals surface area contributed by atoms with E-state index in [0.29, 0.717) is 6.07 Å². The first-order chi connectivity index (χ1) is 6.25. The van der Waals surface area contributed by atoms with Crippen LogP contribution >= 0.6 is 0 Å². The second kappa shape index (κ2) is 3.22. The molecule has 0 nitrogen and oxygen atoms in total. The topological polar surface area (TPSA) is 0 Å². The van der Waals surface area contributed by atoms with E-state index in [4.69, 9.17) is 0 Å². The van der Waals surface area contributed by atoms with Crippen LogP contribution in [0.5, 0.6) is 0 Å². The van der Waals surface area contributed by atoms with Crippen molar-refractivity contribution in [3.8, 4) is 0 Å². The molecule has 0 heterocycles. The first kappa shape index (κ1) is 10.9. The smallest absolute Gasteiger partial charge is 0.191 e. The van der Waals surface area contributed by atoms with Crippen LogP contribution in [0.15, 0.2) is 24.3 Å². The van der Waals surface area contributed by atoms with Crippen molar-refractivity contribution >= 4 is 0 Å². The number of hydrogen-bond donors (Lipinski definition) is 0. The lowest BCUT2D eigenvalue weighted by Gasteiger charge is -2.19. The fraction of sp³-hybridized carbons (Fsp3) is 0.222. The molecule has 0 atom stereocenters. The van der Waals surface area contributed by atoms with Gasteiger partial charge in [0.15, 0.2) is 0 Å². The van der Waals surface area contributed by atoms with E-state index < -0.39 is 17.7 Å². The summed E-state index contributed by atoms with van der Waals surface area (Å²) in [6.07, 6.45) is -5.57. The van der Waals surface area contributed by atoms with E-state index in [2.05, 4.69) is 6.92 Å². The summed E-state index contributed by atoms with van der Waals surface area (Å²) in [6.45, 7) is 3.28. The van der Waals surface area contributed by atoms with Crippen molar-refractivity contribution in [2.45, 2.75) is 12.1 Å². The average molecular weight is 209 g/mol. The molecule has 0 saturated carbocycles. The molecule has 0 bridgehead atoms. The molecule has 0 N–H and O–H groups in total. The Morgan fingerprint density at radius 3 is 2.00 bits per heavy atom. The molecule has 0 aromatic heterocycles. The van der Waals surface area contributed by atoms with Gasteiger partial charge in [-0.3, -0.25) is 0 Å². The molecule has 1 aromatic rings. The van der Waals surface area contributed by atoms with Gasteiger partial charge in [0.25, 0.3) is 0 Å². The van der Waals surface area contributed by atoms with E-state index in [0.717, 1.165) is 12.1 Å². The van der Waals surface area contributed by atoms with Crippen LogP contribution in [0, 0.1) is 6.92 Å². The minimum atomic E-state index is -5.57. The molecule has 1 aromatic carbocycles. The highest BCUT2D eigenvalue weighted by Crippen LogP contribution is 2.43. The van der Waals surface area contributed by atoms with Gasteiger partial charge in [-0.05, 0) is 18.6 Å². The van der Waals surface area contributed by atoms with Gasteiger partial charge >= 0.3 is 12.1 Å². The Labute approximate surface area is 77.4 Å². The minimum Gasteiger partial charge on any atom is -0.191 e. The van der Waals surface area contributed by atoms with Gasteiger partial charge in [-0.15, -0.1) is 0 Å². The molecule has 0 fully saturated rings. The molecule has 0 amide bonds. The van der Waals surface area contributed by atoms with Gasteiger partial charge in [-0.1, -0.05) is 18.2 Å². The quantitative estimate of drug-likeness (QED) is 0.620. The Morgan fingerprint density at radius 2 is 1.57 bits per heavy atom. The molecular weight excluding hydrogens is 203 g/mol. The third-order valence-electron chi connectivity index (χ3n) is 1.65. The summed E-state index contributed by atoms with van der Waals surface area (Å²) in [5.74, 6) is -4.82. The maximum atomic E-state index is 12.7. The first-order valence-corrected chi connectivity index (χ1v) is 3.62. The molecule has 0 aliphatic carbocycles. The van der Waals surface area contributed by atoms with Crippen LogP contribution in [0.2, 0.25) is 0 Å². The summed E-state index contributed by atoms with van der Waals surface area (Å²) in [4.78, 5) is 0. The van der Waals surface area contributed by atoms with E-state index in [-0.39, 0.29) is 5.56 Å². The zero-order chi connectivity index (χ0) is 11.0. The molecule has 0 unspecified atom stereocenters. The predicted octanol–water partition coefficient (Wildman–Crippen LogP) is 3.52. The molecule has 0 spiro atoms. The van der Waals surface area contributed by atoms with E-state index in [1.54, 1.807) is 0 Å². The van der Waals surface area contributed by atoms with Crippen LogP contribution in [-0.2, 0) is 5.92 Å². The third kappa shape index (κ3) is 1.86. The molecule has 1 radical (unpaired) electrons. The predicted molar refractivity (Wildman–Crippen MR) is 40.9 cm³/mol. The lowest BCUT2D eigenvalue weighted by molar-refractivity contribution is -0.289. The number of hydrogen-bond acceptors (Lipinski definition) is 0. The van der Waals surface area contributed by atoms with Crippen LogP contribution in [0.4, 0.5) is 22.0 Å². The SMILES string of the molecule is [CH2]c1cccc(C(F)(F)C(F)(F)F)c1. The van der Waals surface area contributed by atoms with E-state index in [1.165, 1.54) is 6.07 Å². The summed E-state index contributed by atoms with van der Waals surface area (Å²) < 4.78 is 61.0. The second-order valence-corrected chi connectivity index (χ2v) is 2.77. The van der Waals surface area contributed by atoms with Crippen molar-refractivity contribution < 1.29 is 22.0 Å². The number of benzene rings is 1. The molecule has 5 heteroatoms. The molecule has 77 valence electrons. The van der Waals surface area contributed by atoms with Crippen molar-refractivity contribution in [3.63, 3.8) is 0 Å². The van der Waals surface area contributed by atoms with Crippen LogP contribution < -0.4 is 0 Å². The zero-order valence-electron chi connectivity index (χ0n) is 6.91. The van der Waals surface area contributed by atoms with E-state index >= 15 is 0 Å². The molecule has 0 aliphatic heterocycles. The van der Waals surface area contributed by atoms with Crippen molar-refractivity contribution in [1.29, 1.82) is 0 Å². The van der Waals surface area contributed by atoms with Gasteiger partial charge in [0, 0.05) is 5.56 Å². The number of halogens is 5. The lowest BCUT2D eigenvalue weighted by atomic mass is 10.1. The number of rotatable bonds is 1. The molecule has 1 rings (SSSR count). The number of alkyl halides is 5. The van der Waals surface area contributed by atoms with Crippen LogP contribution in [0.25, 0.3) is 0 Å². The van der Waals surface area contributed by atoms with Gasteiger partial charge in [0.2, 0.25) is 0 Å². The second-order valence-electron chi connectivity index (χ2n) is 2.77. The highest BCUT2D eigenvalue weighted by Gasteiger charge is 2.58. The first-order valence-electron chi connectivity index (χ1n) is 3.62. The highest BCUT2D eigenvalue weighted by atomic mass is 19.4. The third-order valence-corrected chi connectivity index (χ3v) is 1.65. The maximum Gasteiger partial charge on any atom is 0.458 e. The van der Waals surface area contributed by atoms with Crippen molar-refractivity contribution in [1.82, 2.24) is 0 Å². The van der Waals surface area contributed by atoms with Gasteiger partial charge in [0.05, 0.1) is 0 Å². The van der Waals surface area contributed by atoms with Crippen molar-refractivity contribution in [3.05, 3.63) is 42.3 Å².